The molecule has 76 valence electrons. The van der Waals surface area contributed by atoms with E-state index in [-0.39, 0.29) is 0 Å². The number of pyridine rings is 1. The fourth-order valence-corrected chi connectivity index (χ4v) is 1.55. The number of fused-ring (bicyclic) bond motifs is 1. The quantitative estimate of drug-likeness (QED) is 0.623. The van der Waals surface area contributed by atoms with Gasteiger partial charge in [0.05, 0.1) is 11.0 Å². The van der Waals surface area contributed by atoms with Gasteiger partial charge in [0.15, 0.2) is 0 Å². The maximum Gasteiger partial charge on any atom is 0.0913 e. The number of hydrogen-bond acceptors (Lipinski definition) is 1. The summed E-state index contributed by atoms with van der Waals surface area (Å²) >= 11 is 0. The molecule has 2 nitrogen and oxygen atoms in total. The normalized spacial score (nSPS) is 9.79. The molecule has 0 aliphatic rings. The van der Waals surface area contributed by atoms with Crippen LogP contribution in [0.4, 0.5) is 0 Å². The SMILES string of the molecule is CC.Cc1ccc2c(n1)c(C)cn2C. The molecule has 0 radical (unpaired) electrons. The monoisotopic (exact) mass is 190 g/mol. The summed E-state index contributed by atoms with van der Waals surface area (Å²) in [6.45, 7) is 8.11. The van der Waals surface area contributed by atoms with Crippen LogP contribution in [0.15, 0.2) is 18.3 Å². The van der Waals surface area contributed by atoms with Crippen LogP contribution in [0.3, 0.4) is 0 Å². The van der Waals surface area contributed by atoms with Gasteiger partial charge in [-0.05, 0) is 31.5 Å². The molecule has 2 rings (SSSR count). The van der Waals surface area contributed by atoms with Gasteiger partial charge in [0.1, 0.15) is 0 Å². The number of hydrogen-bond donors (Lipinski definition) is 0. The Balaban J connectivity index is 0.000000461. The summed E-state index contributed by atoms with van der Waals surface area (Å²) in [5, 5.41) is 0. The van der Waals surface area contributed by atoms with Crippen LogP contribution >= 0.6 is 0 Å². The van der Waals surface area contributed by atoms with E-state index in [2.05, 4.69) is 28.7 Å². The van der Waals surface area contributed by atoms with E-state index in [1.54, 1.807) is 0 Å². The summed E-state index contributed by atoms with van der Waals surface area (Å²) in [6, 6.07) is 4.16. The van der Waals surface area contributed by atoms with E-state index in [1.165, 1.54) is 11.1 Å². The minimum absolute atomic E-state index is 1.08. The van der Waals surface area contributed by atoms with Gasteiger partial charge in [0, 0.05) is 18.9 Å². The van der Waals surface area contributed by atoms with Gasteiger partial charge in [-0.25, -0.2) is 0 Å². The van der Waals surface area contributed by atoms with E-state index in [0.717, 1.165) is 11.2 Å². The average Bonchev–Trinajstić information content (AvgIpc) is 2.46. The van der Waals surface area contributed by atoms with E-state index in [4.69, 9.17) is 0 Å². The lowest BCUT2D eigenvalue weighted by Crippen LogP contribution is -1.85. The van der Waals surface area contributed by atoms with Gasteiger partial charge < -0.3 is 4.57 Å². The van der Waals surface area contributed by atoms with Crippen molar-refractivity contribution >= 4 is 11.0 Å². The number of rotatable bonds is 0. The lowest BCUT2D eigenvalue weighted by Gasteiger charge is -1.95. The van der Waals surface area contributed by atoms with Gasteiger partial charge in [-0.15, -0.1) is 0 Å². The summed E-state index contributed by atoms with van der Waals surface area (Å²) < 4.78 is 2.11. The smallest absolute Gasteiger partial charge is 0.0913 e. The van der Waals surface area contributed by atoms with Crippen LogP contribution in [0, 0.1) is 13.8 Å². The van der Waals surface area contributed by atoms with Crippen LogP contribution in [0.5, 0.6) is 0 Å². The second-order valence-electron chi connectivity index (χ2n) is 3.24. The third-order valence-electron chi connectivity index (χ3n) is 2.15. The lowest BCUT2D eigenvalue weighted by molar-refractivity contribution is 0.963. The van der Waals surface area contributed by atoms with Crippen molar-refractivity contribution in [1.29, 1.82) is 0 Å². The molecule has 0 spiro atoms. The minimum Gasteiger partial charge on any atom is -0.349 e. The third kappa shape index (κ3) is 1.79. The molecule has 0 N–H and O–H groups in total. The molecule has 0 saturated heterocycles. The molecule has 0 atom stereocenters. The molecule has 0 aliphatic carbocycles. The molecular formula is C12H18N2. The first kappa shape index (κ1) is 10.8. The summed E-state index contributed by atoms with van der Waals surface area (Å²) in [5.74, 6) is 0. The first-order valence-electron chi connectivity index (χ1n) is 5.08. The Morgan fingerprint density at radius 3 is 2.43 bits per heavy atom. The summed E-state index contributed by atoms with van der Waals surface area (Å²) in [7, 11) is 2.05. The summed E-state index contributed by atoms with van der Waals surface area (Å²) in [6.07, 6.45) is 2.11. The molecule has 0 aromatic carbocycles. The summed E-state index contributed by atoms with van der Waals surface area (Å²) in [4.78, 5) is 4.48. The van der Waals surface area contributed by atoms with Crippen molar-refractivity contribution in [2.75, 3.05) is 0 Å². The maximum absolute atomic E-state index is 4.48. The second kappa shape index (κ2) is 4.27. The third-order valence-corrected chi connectivity index (χ3v) is 2.15. The minimum atomic E-state index is 1.08. The number of nitrogens with zero attached hydrogens (tertiary/aromatic N) is 2. The number of aromatic nitrogens is 2. The molecule has 2 heterocycles. The Morgan fingerprint density at radius 2 is 1.79 bits per heavy atom. The largest absolute Gasteiger partial charge is 0.349 e. The Morgan fingerprint density at radius 1 is 1.14 bits per heavy atom. The van der Waals surface area contributed by atoms with E-state index in [9.17, 15) is 0 Å². The molecule has 0 aliphatic heterocycles. The van der Waals surface area contributed by atoms with Crippen molar-refractivity contribution in [3.63, 3.8) is 0 Å². The Kier molecular flexibility index (Phi) is 3.28. The fourth-order valence-electron chi connectivity index (χ4n) is 1.55. The molecule has 2 aromatic rings. The highest BCUT2D eigenvalue weighted by molar-refractivity contribution is 5.79. The van der Waals surface area contributed by atoms with E-state index in [1.807, 2.05) is 33.9 Å². The van der Waals surface area contributed by atoms with Crippen LogP contribution in [-0.2, 0) is 7.05 Å². The zero-order chi connectivity index (χ0) is 10.7. The van der Waals surface area contributed by atoms with Crippen molar-refractivity contribution in [3.8, 4) is 0 Å². The first-order chi connectivity index (χ1) is 6.68. The second-order valence-corrected chi connectivity index (χ2v) is 3.24. The average molecular weight is 190 g/mol. The first-order valence-corrected chi connectivity index (χ1v) is 5.08. The molecule has 14 heavy (non-hydrogen) atoms. The Labute approximate surface area is 85.6 Å². The molecule has 2 aromatic heterocycles. The molecule has 0 bridgehead atoms. The van der Waals surface area contributed by atoms with Gasteiger partial charge >= 0.3 is 0 Å². The van der Waals surface area contributed by atoms with Crippen LogP contribution in [0.1, 0.15) is 25.1 Å². The van der Waals surface area contributed by atoms with Crippen molar-refractivity contribution < 1.29 is 0 Å². The highest BCUT2D eigenvalue weighted by Gasteiger charge is 2.02. The Bertz CT molecular complexity index is 427. The predicted molar refractivity (Wildman–Crippen MR) is 61.5 cm³/mol. The van der Waals surface area contributed by atoms with Gasteiger partial charge in [-0.2, -0.15) is 0 Å². The molecule has 0 amide bonds. The molecule has 0 saturated carbocycles. The van der Waals surface area contributed by atoms with Crippen LogP contribution in [0.2, 0.25) is 0 Å². The summed E-state index contributed by atoms with van der Waals surface area (Å²) in [5.41, 5.74) is 4.66. The molecule has 0 fully saturated rings. The molecule has 2 heteroatoms. The van der Waals surface area contributed by atoms with Gasteiger partial charge in [0.2, 0.25) is 0 Å². The lowest BCUT2D eigenvalue weighted by atomic mass is 10.3. The van der Waals surface area contributed by atoms with Crippen LogP contribution < -0.4 is 0 Å². The zero-order valence-corrected chi connectivity index (χ0v) is 9.63. The maximum atomic E-state index is 4.48. The zero-order valence-electron chi connectivity index (χ0n) is 9.63. The van der Waals surface area contributed by atoms with Crippen molar-refractivity contribution in [2.45, 2.75) is 27.7 Å². The van der Waals surface area contributed by atoms with E-state index in [0.29, 0.717) is 0 Å². The van der Waals surface area contributed by atoms with Gasteiger partial charge in [-0.1, -0.05) is 13.8 Å². The fraction of sp³-hybridized carbons (Fsp3) is 0.417. The van der Waals surface area contributed by atoms with Crippen LogP contribution in [0.25, 0.3) is 11.0 Å². The van der Waals surface area contributed by atoms with Crippen molar-refractivity contribution in [2.24, 2.45) is 7.05 Å². The topological polar surface area (TPSA) is 17.8 Å². The molecule has 0 unspecified atom stereocenters. The van der Waals surface area contributed by atoms with E-state index >= 15 is 0 Å². The Hall–Kier alpha value is -1.31. The predicted octanol–water partition coefficient (Wildman–Crippen LogP) is 3.22. The molecular weight excluding hydrogens is 172 g/mol. The highest BCUT2D eigenvalue weighted by atomic mass is 14.9. The van der Waals surface area contributed by atoms with Crippen LogP contribution in [-0.4, -0.2) is 9.55 Å². The number of aryl methyl sites for hydroxylation is 3. The van der Waals surface area contributed by atoms with Gasteiger partial charge in [0.25, 0.3) is 0 Å². The van der Waals surface area contributed by atoms with Gasteiger partial charge in [-0.3, -0.25) is 4.98 Å². The highest BCUT2D eigenvalue weighted by Crippen LogP contribution is 2.17. The van der Waals surface area contributed by atoms with Crippen molar-refractivity contribution in [1.82, 2.24) is 9.55 Å². The van der Waals surface area contributed by atoms with Crippen molar-refractivity contribution in [3.05, 3.63) is 29.6 Å². The standard InChI is InChI=1S/C10H12N2.C2H6/c1-7-6-12(3)9-5-4-8(2)11-10(7)9;1-2/h4-6H,1-3H3;1-2H3. The van der Waals surface area contributed by atoms with E-state index < -0.39 is 0 Å².